The fourth-order valence-electron chi connectivity index (χ4n) is 1.91. The highest BCUT2D eigenvalue weighted by atomic mass is 32.2. The normalized spacial score (nSPS) is 12.9. The number of nitrogens with zero attached hydrogens (tertiary/aromatic N) is 1. The number of nitro benzene ring substituents is 1. The lowest BCUT2D eigenvalue weighted by Crippen LogP contribution is -2.42. The first-order valence-corrected chi connectivity index (χ1v) is 8.59. The van der Waals surface area contributed by atoms with Crippen LogP contribution in [-0.2, 0) is 19.6 Å². The second-order valence-electron chi connectivity index (χ2n) is 5.31. The molecule has 0 bridgehead atoms. The van der Waals surface area contributed by atoms with Crippen LogP contribution in [0, 0.1) is 16.0 Å². The monoisotopic (exact) mass is 344 g/mol. The van der Waals surface area contributed by atoms with Crippen LogP contribution in [0.2, 0.25) is 0 Å². The van der Waals surface area contributed by atoms with Crippen molar-refractivity contribution in [3.63, 3.8) is 0 Å². The fraction of sp³-hybridized carbons (Fsp3) is 0.500. The zero-order chi connectivity index (χ0) is 17.6. The molecule has 9 heteroatoms. The first kappa shape index (κ1) is 19.0. The Kier molecular flexibility index (Phi) is 6.64. The van der Waals surface area contributed by atoms with Gasteiger partial charge in [-0.3, -0.25) is 14.9 Å². The van der Waals surface area contributed by atoms with Crippen LogP contribution in [0.5, 0.6) is 0 Å². The van der Waals surface area contributed by atoms with E-state index in [0.717, 1.165) is 24.3 Å². The summed E-state index contributed by atoms with van der Waals surface area (Å²) in [4.78, 5) is 21.7. The molecule has 0 aliphatic carbocycles. The molecule has 0 aliphatic heterocycles. The van der Waals surface area contributed by atoms with Crippen molar-refractivity contribution < 1.29 is 22.9 Å². The molecule has 0 amide bonds. The van der Waals surface area contributed by atoms with Crippen molar-refractivity contribution in [2.45, 2.75) is 38.1 Å². The van der Waals surface area contributed by atoms with Crippen LogP contribution in [0.3, 0.4) is 0 Å². The molecule has 1 rings (SSSR count). The Hall–Kier alpha value is -2.00. The second kappa shape index (κ2) is 8.02. The summed E-state index contributed by atoms with van der Waals surface area (Å²) in [6, 6.07) is 3.43. The third-order valence-corrected chi connectivity index (χ3v) is 4.42. The standard InChI is InChI=1S/C14H20N2O6S/c1-4-22-14(17)13(9-10(2)3)15-23(20,21)12-7-5-11(6-8-12)16(18)19/h5-8,10,13,15H,4,9H2,1-3H3. The van der Waals surface area contributed by atoms with E-state index in [2.05, 4.69) is 4.72 Å². The van der Waals surface area contributed by atoms with Crippen molar-refractivity contribution in [2.75, 3.05) is 6.61 Å². The molecular weight excluding hydrogens is 324 g/mol. The molecule has 0 saturated carbocycles. The lowest BCUT2D eigenvalue weighted by molar-refractivity contribution is -0.384. The van der Waals surface area contributed by atoms with E-state index in [1.54, 1.807) is 6.92 Å². The molecule has 1 unspecified atom stereocenters. The number of esters is 1. The quantitative estimate of drug-likeness (QED) is 0.437. The Morgan fingerprint density at radius 3 is 2.30 bits per heavy atom. The topological polar surface area (TPSA) is 116 Å². The van der Waals surface area contributed by atoms with Gasteiger partial charge in [0.2, 0.25) is 10.0 Å². The highest BCUT2D eigenvalue weighted by molar-refractivity contribution is 7.89. The van der Waals surface area contributed by atoms with Crippen LogP contribution in [0.1, 0.15) is 27.2 Å². The summed E-state index contributed by atoms with van der Waals surface area (Å²) in [5.41, 5.74) is -0.215. The number of hydrogen-bond acceptors (Lipinski definition) is 6. The van der Waals surface area contributed by atoms with E-state index in [4.69, 9.17) is 4.74 Å². The van der Waals surface area contributed by atoms with Gasteiger partial charge in [0.1, 0.15) is 6.04 Å². The number of carbonyl (C=O) groups excluding carboxylic acids is 1. The smallest absolute Gasteiger partial charge is 0.324 e. The zero-order valence-electron chi connectivity index (χ0n) is 13.2. The van der Waals surface area contributed by atoms with Gasteiger partial charge in [-0.25, -0.2) is 8.42 Å². The van der Waals surface area contributed by atoms with E-state index in [1.807, 2.05) is 13.8 Å². The van der Waals surface area contributed by atoms with Gasteiger partial charge < -0.3 is 4.74 Å². The number of nitrogens with one attached hydrogen (secondary N) is 1. The van der Waals surface area contributed by atoms with Gasteiger partial charge in [-0.15, -0.1) is 0 Å². The molecular formula is C14H20N2O6S. The van der Waals surface area contributed by atoms with E-state index in [0.29, 0.717) is 0 Å². The molecule has 128 valence electrons. The summed E-state index contributed by atoms with van der Waals surface area (Å²) in [5, 5.41) is 10.6. The van der Waals surface area contributed by atoms with E-state index in [-0.39, 0.29) is 29.5 Å². The van der Waals surface area contributed by atoms with E-state index >= 15 is 0 Å². The van der Waals surface area contributed by atoms with Crippen LogP contribution >= 0.6 is 0 Å². The Balaban J connectivity index is 3.00. The van der Waals surface area contributed by atoms with Gasteiger partial charge in [-0.2, -0.15) is 4.72 Å². The number of nitro groups is 1. The highest BCUT2D eigenvalue weighted by Gasteiger charge is 2.27. The van der Waals surface area contributed by atoms with E-state index < -0.39 is 27.0 Å². The SMILES string of the molecule is CCOC(=O)C(CC(C)C)NS(=O)(=O)c1ccc([N+](=O)[O-])cc1. The molecule has 0 heterocycles. The first-order valence-electron chi connectivity index (χ1n) is 7.10. The summed E-state index contributed by atoms with van der Waals surface area (Å²) >= 11 is 0. The number of sulfonamides is 1. The average molecular weight is 344 g/mol. The lowest BCUT2D eigenvalue weighted by atomic mass is 10.1. The van der Waals surface area contributed by atoms with Crippen molar-refractivity contribution in [3.8, 4) is 0 Å². The molecule has 1 aromatic carbocycles. The van der Waals surface area contributed by atoms with E-state index in [1.165, 1.54) is 0 Å². The number of ether oxygens (including phenoxy) is 1. The Morgan fingerprint density at radius 2 is 1.87 bits per heavy atom. The van der Waals surface area contributed by atoms with Crippen LogP contribution < -0.4 is 4.72 Å². The molecule has 0 aromatic heterocycles. The van der Waals surface area contributed by atoms with Crippen molar-refractivity contribution in [3.05, 3.63) is 34.4 Å². The van der Waals surface area contributed by atoms with Gasteiger partial charge in [0.15, 0.2) is 0 Å². The van der Waals surface area contributed by atoms with E-state index in [9.17, 15) is 23.3 Å². The number of non-ortho nitro benzene ring substituents is 1. The second-order valence-corrected chi connectivity index (χ2v) is 7.02. The van der Waals surface area contributed by atoms with Crippen molar-refractivity contribution in [1.82, 2.24) is 4.72 Å². The predicted octanol–water partition coefficient (Wildman–Crippen LogP) is 1.85. The van der Waals surface area contributed by atoms with Gasteiger partial charge in [-0.05, 0) is 31.4 Å². The summed E-state index contributed by atoms with van der Waals surface area (Å²) in [6.45, 7) is 5.49. The summed E-state index contributed by atoms with van der Waals surface area (Å²) < 4.78 is 31.8. The Morgan fingerprint density at radius 1 is 1.30 bits per heavy atom. The average Bonchev–Trinajstić information content (AvgIpc) is 2.46. The highest BCUT2D eigenvalue weighted by Crippen LogP contribution is 2.17. The number of benzene rings is 1. The van der Waals surface area contributed by atoms with Gasteiger partial charge in [0, 0.05) is 12.1 Å². The maximum atomic E-state index is 12.3. The summed E-state index contributed by atoms with van der Waals surface area (Å²) in [7, 11) is -3.98. The van der Waals surface area contributed by atoms with Crippen molar-refractivity contribution >= 4 is 21.7 Å². The first-order chi connectivity index (χ1) is 10.7. The Labute approximate surface area is 135 Å². The number of rotatable bonds is 8. The molecule has 0 saturated heterocycles. The van der Waals surface area contributed by atoms with Gasteiger partial charge in [0.25, 0.3) is 5.69 Å². The number of hydrogen-bond donors (Lipinski definition) is 1. The van der Waals surface area contributed by atoms with Crippen LogP contribution in [0.25, 0.3) is 0 Å². The van der Waals surface area contributed by atoms with Gasteiger partial charge in [0.05, 0.1) is 16.4 Å². The molecule has 0 spiro atoms. The maximum absolute atomic E-state index is 12.3. The van der Waals surface area contributed by atoms with Crippen molar-refractivity contribution in [2.24, 2.45) is 5.92 Å². The van der Waals surface area contributed by atoms with Crippen LogP contribution in [-0.4, -0.2) is 32.0 Å². The maximum Gasteiger partial charge on any atom is 0.324 e. The third-order valence-electron chi connectivity index (χ3n) is 2.93. The molecule has 0 radical (unpaired) electrons. The van der Waals surface area contributed by atoms with Gasteiger partial charge >= 0.3 is 5.97 Å². The molecule has 1 N–H and O–H groups in total. The van der Waals surface area contributed by atoms with Crippen molar-refractivity contribution in [1.29, 1.82) is 0 Å². The molecule has 0 aliphatic rings. The minimum atomic E-state index is -3.98. The van der Waals surface area contributed by atoms with Crippen LogP contribution in [0.4, 0.5) is 5.69 Å². The summed E-state index contributed by atoms with van der Waals surface area (Å²) in [6.07, 6.45) is 0.283. The lowest BCUT2D eigenvalue weighted by Gasteiger charge is -2.19. The third kappa shape index (κ3) is 5.61. The van der Waals surface area contributed by atoms with Gasteiger partial charge in [-0.1, -0.05) is 13.8 Å². The Bertz CT molecular complexity index is 654. The fourth-order valence-corrected chi connectivity index (χ4v) is 3.11. The van der Waals surface area contributed by atoms with Crippen LogP contribution in [0.15, 0.2) is 29.2 Å². The molecule has 23 heavy (non-hydrogen) atoms. The molecule has 1 aromatic rings. The molecule has 1 atom stereocenters. The zero-order valence-corrected chi connectivity index (χ0v) is 14.0. The largest absolute Gasteiger partial charge is 0.465 e. The predicted molar refractivity (Wildman–Crippen MR) is 83.3 cm³/mol. The minimum absolute atomic E-state index is 0.0731. The molecule has 8 nitrogen and oxygen atoms in total. The number of carbonyl (C=O) groups is 1. The molecule has 0 fully saturated rings. The minimum Gasteiger partial charge on any atom is -0.465 e. The summed E-state index contributed by atoms with van der Waals surface area (Å²) in [5.74, 6) is -0.573.